The topological polar surface area (TPSA) is 122 Å². The summed E-state index contributed by atoms with van der Waals surface area (Å²) in [7, 11) is 0. The molecule has 0 saturated carbocycles. The lowest BCUT2D eigenvalue weighted by Crippen LogP contribution is -2.46. The first-order chi connectivity index (χ1) is 18.5. The second-order valence-corrected chi connectivity index (χ2v) is 10.0. The fourth-order valence-corrected chi connectivity index (χ4v) is 5.49. The lowest BCUT2D eigenvalue weighted by Gasteiger charge is -2.38. The van der Waals surface area contributed by atoms with Crippen molar-refractivity contribution < 1.29 is 14.3 Å². The van der Waals surface area contributed by atoms with Crippen molar-refractivity contribution >= 4 is 23.7 Å². The molecule has 196 valence electrons. The fourth-order valence-electron chi connectivity index (χ4n) is 5.49. The Bertz CT molecular complexity index is 1320. The number of hydrogen-bond donors (Lipinski definition) is 2. The molecule has 3 aliphatic rings. The Morgan fingerprint density at radius 1 is 1.24 bits per heavy atom. The molecule has 0 atom stereocenters. The van der Waals surface area contributed by atoms with Crippen molar-refractivity contribution in [1.82, 2.24) is 15.2 Å². The summed E-state index contributed by atoms with van der Waals surface area (Å²) < 4.78 is 5.52. The van der Waals surface area contributed by atoms with Crippen LogP contribution < -0.4 is 10.2 Å². The van der Waals surface area contributed by atoms with Crippen LogP contribution in [0.25, 0.3) is 11.1 Å². The van der Waals surface area contributed by atoms with E-state index >= 15 is 0 Å². The highest BCUT2D eigenvalue weighted by Gasteiger charge is 2.30. The van der Waals surface area contributed by atoms with Gasteiger partial charge in [0.1, 0.15) is 11.5 Å². The van der Waals surface area contributed by atoms with Crippen LogP contribution in [0.15, 0.2) is 41.7 Å². The van der Waals surface area contributed by atoms with E-state index in [1.807, 2.05) is 17.0 Å². The molecule has 0 aliphatic carbocycles. The molecule has 9 heteroatoms. The number of benzene rings is 1. The zero-order chi connectivity index (χ0) is 26.6. The Balaban J connectivity index is 1.50. The number of nitrogens with zero attached hydrogens (tertiary/aromatic N) is 4. The van der Waals surface area contributed by atoms with Crippen LogP contribution in [-0.2, 0) is 16.0 Å². The number of fused-ring (bicyclic) bond motifs is 1. The van der Waals surface area contributed by atoms with Gasteiger partial charge in [-0.1, -0.05) is 6.07 Å². The minimum atomic E-state index is 0.00470. The molecule has 0 spiro atoms. The smallest absolute Gasteiger partial charge is 0.219 e. The summed E-state index contributed by atoms with van der Waals surface area (Å²) in [6.07, 6.45) is 6.55. The van der Waals surface area contributed by atoms with Gasteiger partial charge in [0.15, 0.2) is 6.29 Å². The number of aromatic nitrogens is 1. The van der Waals surface area contributed by atoms with Crippen molar-refractivity contribution in [2.75, 3.05) is 37.7 Å². The van der Waals surface area contributed by atoms with E-state index in [1.165, 1.54) is 0 Å². The minimum absolute atomic E-state index is 0.00470. The summed E-state index contributed by atoms with van der Waals surface area (Å²) in [5.41, 5.74) is 6.17. The van der Waals surface area contributed by atoms with Crippen molar-refractivity contribution in [2.45, 2.75) is 45.1 Å². The molecule has 4 heterocycles. The maximum absolute atomic E-state index is 12.3. The summed E-state index contributed by atoms with van der Waals surface area (Å²) in [6, 6.07) is 9.94. The van der Waals surface area contributed by atoms with E-state index in [9.17, 15) is 20.3 Å². The first-order valence-corrected chi connectivity index (χ1v) is 13.2. The molecule has 2 N–H and O–H groups in total. The van der Waals surface area contributed by atoms with E-state index in [1.54, 1.807) is 30.2 Å². The highest BCUT2D eigenvalue weighted by Crippen LogP contribution is 2.36. The van der Waals surface area contributed by atoms with Crippen LogP contribution in [0.5, 0.6) is 0 Å². The van der Waals surface area contributed by atoms with Crippen molar-refractivity contribution in [3.63, 3.8) is 0 Å². The van der Waals surface area contributed by atoms with Gasteiger partial charge in [0.2, 0.25) is 5.91 Å². The number of aryl methyl sites for hydroxylation is 1. The zero-order valence-corrected chi connectivity index (χ0v) is 21.6. The molecule has 0 bridgehead atoms. The standard InChI is InChI=1S/C29H32N6O3/c1-19(37)34-10-6-27(33-23-7-11-38-12-8-23)26(17-34)29(31)35-9-2-3-20-13-25(22(15-30)14-28(20)35)21-4-5-24(18-36)32-16-21/h4-5,13-14,16,18,23,31,33H,2-3,6-12,17H2,1H3. The first kappa shape index (κ1) is 25.6. The third kappa shape index (κ3) is 5.18. The molecule has 1 aromatic carbocycles. The summed E-state index contributed by atoms with van der Waals surface area (Å²) >= 11 is 0. The summed E-state index contributed by atoms with van der Waals surface area (Å²) in [5, 5.41) is 23.0. The van der Waals surface area contributed by atoms with Crippen LogP contribution in [0.4, 0.5) is 5.69 Å². The van der Waals surface area contributed by atoms with Crippen LogP contribution in [0.2, 0.25) is 0 Å². The molecule has 5 rings (SSSR count). The third-order valence-electron chi connectivity index (χ3n) is 7.62. The van der Waals surface area contributed by atoms with E-state index < -0.39 is 0 Å². The number of ether oxygens (including phenoxy) is 1. The predicted octanol–water partition coefficient (Wildman–Crippen LogP) is 3.44. The second-order valence-electron chi connectivity index (χ2n) is 10.0. The number of amides is 1. The molecule has 0 radical (unpaired) electrons. The van der Waals surface area contributed by atoms with Gasteiger partial charge in [-0.2, -0.15) is 5.26 Å². The van der Waals surface area contributed by atoms with E-state index in [4.69, 9.17) is 4.74 Å². The highest BCUT2D eigenvalue weighted by atomic mass is 16.5. The Kier molecular flexibility index (Phi) is 7.52. The summed E-state index contributed by atoms with van der Waals surface area (Å²) in [6.45, 7) is 4.72. The fraction of sp³-hybridized carbons (Fsp3) is 0.414. The van der Waals surface area contributed by atoms with Crippen LogP contribution in [-0.4, -0.2) is 66.8 Å². The van der Waals surface area contributed by atoms with Gasteiger partial charge in [0.05, 0.1) is 18.2 Å². The quantitative estimate of drug-likeness (QED) is 0.357. The maximum atomic E-state index is 12.3. The molecule has 1 saturated heterocycles. The van der Waals surface area contributed by atoms with Gasteiger partial charge in [-0.15, -0.1) is 0 Å². The Morgan fingerprint density at radius 3 is 2.74 bits per heavy atom. The van der Waals surface area contributed by atoms with Gasteiger partial charge in [-0.25, -0.2) is 0 Å². The number of nitrogens with one attached hydrogen (secondary N) is 2. The van der Waals surface area contributed by atoms with E-state index in [2.05, 4.69) is 16.4 Å². The predicted molar refractivity (Wildman–Crippen MR) is 144 cm³/mol. The average Bonchev–Trinajstić information content (AvgIpc) is 2.96. The number of rotatable bonds is 5. The number of carbonyl (C=O) groups excluding carboxylic acids is 2. The largest absolute Gasteiger partial charge is 0.385 e. The number of aldehydes is 1. The van der Waals surface area contributed by atoms with E-state index in [-0.39, 0.29) is 5.91 Å². The summed E-state index contributed by atoms with van der Waals surface area (Å²) in [4.78, 5) is 31.2. The van der Waals surface area contributed by atoms with Gasteiger partial charge >= 0.3 is 0 Å². The van der Waals surface area contributed by atoms with Crippen LogP contribution in [0.3, 0.4) is 0 Å². The molecule has 2 aromatic rings. The van der Waals surface area contributed by atoms with Gasteiger partial charge in [0, 0.05) is 80.0 Å². The molecular formula is C29H32N6O3. The Labute approximate surface area is 222 Å². The number of amidine groups is 1. The van der Waals surface area contributed by atoms with Crippen molar-refractivity contribution in [3.8, 4) is 17.2 Å². The summed E-state index contributed by atoms with van der Waals surface area (Å²) in [5.74, 6) is 0.380. The van der Waals surface area contributed by atoms with Crippen molar-refractivity contribution in [3.05, 3.63) is 58.6 Å². The van der Waals surface area contributed by atoms with Gasteiger partial charge in [-0.3, -0.25) is 20.0 Å². The third-order valence-corrected chi connectivity index (χ3v) is 7.62. The number of hydrogen-bond acceptors (Lipinski definition) is 7. The first-order valence-electron chi connectivity index (χ1n) is 13.2. The van der Waals surface area contributed by atoms with E-state index in [0.717, 1.165) is 72.5 Å². The molecule has 1 aromatic heterocycles. The molecule has 1 amide bonds. The number of nitriles is 1. The molecule has 1 fully saturated rings. The lowest BCUT2D eigenvalue weighted by atomic mass is 9.92. The lowest BCUT2D eigenvalue weighted by molar-refractivity contribution is -0.128. The Morgan fingerprint density at radius 2 is 2.05 bits per heavy atom. The monoisotopic (exact) mass is 512 g/mol. The van der Waals surface area contributed by atoms with Gasteiger partial charge in [-0.05, 0) is 49.4 Å². The number of anilines is 1. The van der Waals surface area contributed by atoms with Crippen LogP contribution in [0, 0.1) is 16.7 Å². The zero-order valence-electron chi connectivity index (χ0n) is 21.6. The molecular weight excluding hydrogens is 480 g/mol. The van der Waals surface area contributed by atoms with Gasteiger partial charge < -0.3 is 19.9 Å². The minimum Gasteiger partial charge on any atom is -0.385 e. The van der Waals surface area contributed by atoms with Gasteiger partial charge in [0.25, 0.3) is 0 Å². The number of pyridine rings is 1. The average molecular weight is 513 g/mol. The molecule has 0 unspecified atom stereocenters. The maximum Gasteiger partial charge on any atom is 0.219 e. The number of carbonyl (C=O) groups is 2. The molecule has 3 aliphatic heterocycles. The van der Waals surface area contributed by atoms with Crippen LogP contribution >= 0.6 is 0 Å². The second kappa shape index (κ2) is 11.2. The van der Waals surface area contributed by atoms with Crippen LogP contribution in [0.1, 0.15) is 54.2 Å². The highest BCUT2D eigenvalue weighted by molar-refractivity contribution is 6.09. The SMILES string of the molecule is CC(=O)N1CCC(NC2CCOCC2)=C(C(=N)N2CCCc3cc(-c4ccc(C=O)nc4)c(C#N)cc32)C1. The molecule has 38 heavy (non-hydrogen) atoms. The Hall–Kier alpha value is -4.03. The van der Waals surface area contributed by atoms with Crippen molar-refractivity contribution in [2.24, 2.45) is 0 Å². The normalized spacial score (nSPS) is 18.0. The molecule has 9 nitrogen and oxygen atoms in total. The van der Waals surface area contributed by atoms with E-state index in [0.29, 0.717) is 55.5 Å². The van der Waals surface area contributed by atoms with Crippen molar-refractivity contribution in [1.29, 1.82) is 10.7 Å².